The largest absolute Gasteiger partial charge is 0.490 e. The number of esters is 1. The number of hydrogen-bond donors (Lipinski definition) is 0. The number of hydrogen-bond acceptors (Lipinski definition) is 3. The van der Waals surface area contributed by atoms with Crippen LogP contribution in [-0.2, 0) is 4.74 Å². The van der Waals surface area contributed by atoms with Crippen LogP contribution in [-0.4, -0.2) is 18.2 Å². The lowest BCUT2D eigenvalue weighted by Crippen LogP contribution is -2.13. The van der Waals surface area contributed by atoms with Crippen LogP contribution in [0, 0.1) is 3.57 Å². The molecule has 18 heavy (non-hydrogen) atoms. The van der Waals surface area contributed by atoms with Crippen molar-refractivity contribution in [3.05, 3.63) is 26.3 Å². The maximum atomic E-state index is 11.8. The van der Waals surface area contributed by atoms with Crippen LogP contribution in [0.1, 0.15) is 38.1 Å². The van der Waals surface area contributed by atoms with Crippen molar-refractivity contribution >= 4 is 40.2 Å². The molecule has 100 valence electrons. The summed E-state index contributed by atoms with van der Waals surface area (Å²) in [7, 11) is 0. The molecule has 1 aromatic rings. The van der Waals surface area contributed by atoms with E-state index >= 15 is 0 Å². The highest BCUT2D eigenvalue weighted by molar-refractivity contribution is 14.1. The highest BCUT2D eigenvalue weighted by Gasteiger charge is 2.17. The number of carbonyl (C=O) groups excluding carboxylic acids is 1. The smallest absolute Gasteiger partial charge is 0.339 e. The zero-order valence-electron chi connectivity index (χ0n) is 10.8. The quantitative estimate of drug-likeness (QED) is 0.575. The van der Waals surface area contributed by atoms with Gasteiger partial charge in [0, 0.05) is 6.07 Å². The normalized spacial score (nSPS) is 10.9. The van der Waals surface area contributed by atoms with Crippen molar-refractivity contribution in [1.29, 1.82) is 0 Å². The van der Waals surface area contributed by atoms with Crippen molar-refractivity contribution in [3.63, 3.8) is 0 Å². The second-order valence-electron chi connectivity index (χ2n) is 4.38. The van der Waals surface area contributed by atoms with Gasteiger partial charge in [0.15, 0.2) is 0 Å². The summed E-state index contributed by atoms with van der Waals surface area (Å²) < 4.78 is 11.6. The highest BCUT2D eigenvalue weighted by atomic mass is 127. The lowest BCUT2D eigenvalue weighted by Gasteiger charge is -2.14. The number of halogens is 2. The van der Waals surface area contributed by atoms with E-state index in [1.54, 1.807) is 26.0 Å². The van der Waals surface area contributed by atoms with Crippen molar-refractivity contribution in [2.24, 2.45) is 0 Å². The van der Waals surface area contributed by atoms with Gasteiger partial charge >= 0.3 is 5.97 Å². The van der Waals surface area contributed by atoms with E-state index in [4.69, 9.17) is 21.1 Å². The zero-order valence-corrected chi connectivity index (χ0v) is 13.7. The Hall–Kier alpha value is -0.490. The van der Waals surface area contributed by atoms with Gasteiger partial charge < -0.3 is 9.47 Å². The van der Waals surface area contributed by atoms with E-state index in [9.17, 15) is 4.79 Å². The van der Waals surface area contributed by atoms with E-state index in [1.807, 2.05) is 13.8 Å². The first-order valence-electron chi connectivity index (χ1n) is 5.68. The van der Waals surface area contributed by atoms with Crippen LogP contribution in [0.2, 0.25) is 5.02 Å². The Morgan fingerprint density at radius 3 is 2.33 bits per heavy atom. The maximum absolute atomic E-state index is 11.8. The van der Waals surface area contributed by atoms with Gasteiger partial charge in [-0.1, -0.05) is 11.6 Å². The third-order valence-electron chi connectivity index (χ3n) is 1.95. The Labute approximate surface area is 126 Å². The third kappa shape index (κ3) is 4.31. The predicted octanol–water partition coefficient (Wildman–Crippen LogP) is 4.30. The molecule has 5 heteroatoms. The Bertz CT molecular complexity index is 444. The molecule has 0 saturated heterocycles. The molecular formula is C13H16ClIO3. The lowest BCUT2D eigenvalue weighted by molar-refractivity contribution is 0.0378. The van der Waals surface area contributed by atoms with Crippen molar-refractivity contribution < 1.29 is 14.3 Å². The minimum Gasteiger partial charge on any atom is -0.490 e. The molecule has 0 spiro atoms. The summed E-state index contributed by atoms with van der Waals surface area (Å²) in [6.07, 6.45) is -0.110. The molecular weight excluding hydrogens is 366 g/mol. The number of benzene rings is 1. The molecule has 0 aliphatic carbocycles. The van der Waals surface area contributed by atoms with E-state index in [2.05, 4.69) is 22.6 Å². The predicted molar refractivity (Wildman–Crippen MR) is 80.5 cm³/mol. The summed E-state index contributed by atoms with van der Waals surface area (Å²) in [5.41, 5.74) is 0.367. The van der Waals surface area contributed by atoms with Crippen molar-refractivity contribution in [3.8, 4) is 5.75 Å². The van der Waals surface area contributed by atoms with E-state index in [1.165, 1.54) is 0 Å². The van der Waals surface area contributed by atoms with Crippen molar-refractivity contribution in [2.45, 2.75) is 39.9 Å². The molecule has 0 amide bonds. The summed E-state index contributed by atoms with van der Waals surface area (Å²) in [6.45, 7) is 7.47. The molecule has 0 aliphatic heterocycles. The number of ether oxygens (including phenoxy) is 2. The van der Waals surface area contributed by atoms with Crippen LogP contribution >= 0.6 is 34.2 Å². The lowest BCUT2D eigenvalue weighted by atomic mass is 10.2. The van der Waals surface area contributed by atoms with Gasteiger partial charge in [-0.05, 0) is 56.4 Å². The Morgan fingerprint density at radius 2 is 1.83 bits per heavy atom. The molecule has 0 radical (unpaired) electrons. The van der Waals surface area contributed by atoms with Crippen LogP contribution in [0.3, 0.4) is 0 Å². The standard InChI is InChI=1S/C13H16ClIO3/c1-7(2)17-12-6-10(14)9(5-11(12)15)13(16)18-8(3)4/h5-8H,1-4H3. The molecule has 0 heterocycles. The van der Waals surface area contributed by atoms with Crippen LogP contribution in [0.5, 0.6) is 5.75 Å². The number of carbonyl (C=O) groups is 1. The van der Waals surface area contributed by atoms with E-state index in [-0.39, 0.29) is 12.2 Å². The molecule has 0 unspecified atom stereocenters. The minimum absolute atomic E-state index is 0.0584. The molecule has 0 aromatic heterocycles. The molecule has 3 nitrogen and oxygen atoms in total. The first-order chi connectivity index (χ1) is 8.31. The van der Waals surface area contributed by atoms with E-state index < -0.39 is 5.97 Å². The first-order valence-corrected chi connectivity index (χ1v) is 7.13. The maximum Gasteiger partial charge on any atom is 0.339 e. The summed E-state index contributed by atoms with van der Waals surface area (Å²) in [5.74, 6) is 0.265. The first kappa shape index (κ1) is 15.6. The van der Waals surface area contributed by atoms with Gasteiger partial charge in [0.1, 0.15) is 5.75 Å². The molecule has 0 aliphatic rings. The fraction of sp³-hybridized carbons (Fsp3) is 0.462. The van der Waals surface area contributed by atoms with Crippen molar-refractivity contribution in [1.82, 2.24) is 0 Å². The van der Waals surface area contributed by atoms with Gasteiger partial charge in [-0.3, -0.25) is 0 Å². The third-order valence-corrected chi connectivity index (χ3v) is 3.10. The Morgan fingerprint density at radius 1 is 1.22 bits per heavy atom. The van der Waals surface area contributed by atoms with Crippen LogP contribution in [0.25, 0.3) is 0 Å². The Kier molecular flexibility index (Phi) is 5.72. The van der Waals surface area contributed by atoms with Crippen molar-refractivity contribution in [2.75, 3.05) is 0 Å². The van der Waals surface area contributed by atoms with Gasteiger partial charge in [-0.15, -0.1) is 0 Å². The molecule has 0 atom stereocenters. The van der Waals surface area contributed by atoms with Gasteiger partial charge in [0.2, 0.25) is 0 Å². The zero-order chi connectivity index (χ0) is 13.9. The fourth-order valence-corrected chi connectivity index (χ4v) is 2.13. The summed E-state index contributed by atoms with van der Waals surface area (Å²) in [4.78, 5) is 11.8. The fourth-order valence-electron chi connectivity index (χ4n) is 1.31. The molecule has 0 bridgehead atoms. The van der Waals surface area contributed by atoms with Gasteiger partial charge in [0.05, 0.1) is 26.4 Å². The second-order valence-corrected chi connectivity index (χ2v) is 5.95. The second kappa shape index (κ2) is 6.61. The molecule has 0 N–H and O–H groups in total. The average Bonchev–Trinajstić information content (AvgIpc) is 2.21. The van der Waals surface area contributed by atoms with Crippen LogP contribution in [0.15, 0.2) is 12.1 Å². The summed E-state index contributed by atoms with van der Waals surface area (Å²) in [5, 5.41) is 0.344. The topological polar surface area (TPSA) is 35.5 Å². The summed E-state index contributed by atoms with van der Waals surface area (Å²) >= 11 is 8.19. The molecule has 0 saturated carbocycles. The number of rotatable bonds is 4. The monoisotopic (exact) mass is 382 g/mol. The van der Waals surface area contributed by atoms with Crippen LogP contribution < -0.4 is 4.74 Å². The van der Waals surface area contributed by atoms with Crippen LogP contribution in [0.4, 0.5) is 0 Å². The van der Waals surface area contributed by atoms with E-state index in [0.717, 1.165) is 3.57 Å². The minimum atomic E-state index is -0.413. The van der Waals surface area contributed by atoms with Gasteiger partial charge in [0.25, 0.3) is 0 Å². The molecule has 1 aromatic carbocycles. The molecule has 0 fully saturated rings. The molecule has 1 rings (SSSR count). The summed E-state index contributed by atoms with van der Waals surface area (Å²) in [6, 6.07) is 3.34. The van der Waals surface area contributed by atoms with Gasteiger partial charge in [-0.25, -0.2) is 4.79 Å². The highest BCUT2D eigenvalue weighted by Crippen LogP contribution is 2.30. The van der Waals surface area contributed by atoms with E-state index in [0.29, 0.717) is 16.3 Å². The van der Waals surface area contributed by atoms with Gasteiger partial charge in [-0.2, -0.15) is 0 Å². The average molecular weight is 383 g/mol. The SMILES string of the molecule is CC(C)OC(=O)c1cc(I)c(OC(C)C)cc1Cl. The Balaban J connectivity index is 3.03.